The van der Waals surface area contributed by atoms with Crippen LogP contribution < -0.4 is 0 Å². The van der Waals surface area contributed by atoms with E-state index in [4.69, 9.17) is 0 Å². The van der Waals surface area contributed by atoms with E-state index in [0.29, 0.717) is 0 Å². The second-order valence-corrected chi connectivity index (χ2v) is 2.76. The van der Waals surface area contributed by atoms with E-state index in [2.05, 4.69) is 25.3 Å². The summed E-state index contributed by atoms with van der Waals surface area (Å²) < 4.78 is 0. The Morgan fingerprint density at radius 1 is 0.667 bits per heavy atom. The molecular formula is C6H15NaS2. The van der Waals surface area contributed by atoms with Gasteiger partial charge in [0.1, 0.15) is 0 Å². The Labute approximate surface area is 91.3 Å². The van der Waals surface area contributed by atoms with Gasteiger partial charge in [0.05, 0.1) is 0 Å². The molecule has 0 bridgehead atoms. The van der Waals surface area contributed by atoms with E-state index >= 15 is 0 Å². The molecule has 0 aromatic rings. The van der Waals surface area contributed by atoms with Crippen molar-refractivity contribution < 1.29 is 0 Å². The maximum atomic E-state index is 4.10. The van der Waals surface area contributed by atoms with Gasteiger partial charge in [0, 0.05) is 0 Å². The molecule has 0 N–H and O–H groups in total. The van der Waals surface area contributed by atoms with Crippen molar-refractivity contribution in [3.63, 3.8) is 0 Å². The first-order chi connectivity index (χ1) is 3.91. The molecule has 0 radical (unpaired) electrons. The molecule has 0 fully saturated rings. The average Bonchev–Trinajstić information content (AvgIpc) is 1.81. The first-order valence-electron chi connectivity index (χ1n) is 3.13. The summed E-state index contributed by atoms with van der Waals surface area (Å²) in [7, 11) is 0. The third kappa shape index (κ3) is 12.8. The van der Waals surface area contributed by atoms with Gasteiger partial charge in [0.25, 0.3) is 0 Å². The molecule has 0 aromatic carbocycles. The molecule has 0 aromatic heterocycles. The Morgan fingerprint density at radius 2 is 1.00 bits per heavy atom. The van der Waals surface area contributed by atoms with Gasteiger partial charge in [-0.05, 0) is 24.3 Å². The Bertz CT molecular complexity index is 36.0. The van der Waals surface area contributed by atoms with Gasteiger partial charge < -0.3 is 0 Å². The predicted octanol–water partition coefficient (Wildman–Crippen LogP) is 1.76. The molecule has 0 saturated carbocycles. The van der Waals surface area contributed by atoms with Crippen molar-refractivity contribution >= 4 is 54.8 Å². The summed E-state index contributed by atoms with van der Waals surface area (Å²) in [5.41, 5.74) is 0. The number of rotatable bonds is 5. The van der Waals surface area contributed by atoms with Gasteiger partial charge in [0.2, 0.25) is 0 Å². The van der Waals surface area contributed by atoms with Gasteiger partial charge in [0.15, 0.2) is 0 Å². The molecule has 0 aliphatic heterocycles. The second kappa shape index (κ2) is 12.4. The topological polar surface area (TPSA) is 0 Å². The standard InChI is InChI=1S/C6H14S2.Na.H/c7-5-3-1-2-4-6-8;;/h7-8H,1-6H2;;. The summed E-state index contributed by atoms with van der Waals surface area (Å²) in [5.74, 6) is 2.07. The molecule has 0 spiro atoms. The van der Waals surface area contributed by atoms with Crippen LogP contribution in [0.4, 0.5) is 0 Å². The Hall–Kier alpha value is 1.70. The molecule has 3 heteroatoms. The van der Waals surface area contributed by atoms with Crippen LogP contribution in [0.3, 0.4) is 0 Å². The number of thiol groups is 2. The van der Waals surface area contributed by atoms with Gasteiger partial charge in [-0.2, -0.15) is 25.3 Å². The molecule has 0 saturated heterocycles. The summed E-state index contributed by atoms with van der Waals surface area (Å²) >= 11 is 8.21. The van der Waals surface area contributed by atoms with Crippen molar-refractivity contribution in [1.29, 1.82) is 0 Å². The zero-order valence-corrected chi connectivity index (χ0v) is 6.93. The van der Waals surface area contributed by atoms with Crippen molar-refractivity contribution in [1.82, 2.24) is 0 Å². The van der Waals surface area contributed by atoms with Gasteiger partial charge in [-0.25, -0.2) is 0 Å². The number of hydrogen-bond acceptors (Lipinski definition) is 2. The fraction of sp³-hybridized carbons (Fsp3) is 1.00. The van der Waals surface area contributed by atoms with Crippen LogP contribution in [0.5, 0.6) is 0 Å². The summed E-state index contributed by atoms with van der Waals surface area (Å²) in [5, 5.41) is 0. The minimum atomic E-state index is 0. The Balaban J connectivity index is 0. The molecule has 0 aliphatic carbocycles. The van der Waals surface area contributed by atoms with Crippen LogP contribution in [-0.4, -0.2) is 41.1 Å². The monoisotopic (exact) mass is 174 g/mol. The zero-order chi connectivity index (χ0) is 6.24. The van der Waals surface area contributed by atoms with Crippen LogP contribution in [0.1, 0.15) is 25.7 Å². The molecule has 0 heterocycles. The molecule has 52 valence electrons. The first kappa shape index (κ1) is 13.3. The first-order valence-corrected chi connectivity index (χ1v) is 4.40. The van der Waals surface area contributed by atoms with Crippen LogP contribution in [-0.2, 0) is 0 Å². The van der Waals surface area contributed by atoms with Crippen molar-refractivity contribution in [2.45, 2.75) is 25.7 Å². The van der Waals surface area contributed by atoms with Crippen molar-refractivity contribution in [3.8, 4) is 0 Å². The quantitative estimate of drug-likeness (QED) is 0.354. The molecule has 9 heavy (non-hydrogen) atoms. The maximum absolute atomic E-state index is 4.10. The van der Waals surface area contributed by atoms with Crippen LogP contribution in [0.15, 0.2) is 0 Å². The van der Waals surface area contributed by atoms with Gasteiger partial charge in [-0.3, -0.25) is 0 Å². The molecule has 0 nitrogen and oxygen atoms in total. The van der Waals surface area contributed by atoms with E-state index in [0.717, 1.165) is 11.5 Å². The minimum absolute atomic E-state index is 0. The van der Waals surface area contributed by atoms with Gasteiger partial charge >= 0.3 is 29.6 Å². The van der Waals surface area contributed by atoms with Crippen LogP contribution in [0, 0.1) is 0 Å². The Morgan fingerprint density at radius 3 is 1.22 bits per heavy atom. The zero-order valence-electron chi connectivity index (χ0n) is 5.14. The molecule has 0 amide bonds. The predicted molar refractivity (Wildman–Crippen MR) is 53.3 cm³/mol. The molecule has 0 unspecified atom stereocenters. The fourth-order valence-corrected chi connectivity index (χ4v) is 1.02. The van der Waals surface area contributed by atoms with E-state index in [-0.39, 0.29) is 29.6 Å². The number of unbranched alkanes of at least 4 members (excludes halogenated alkanes) is 3. The summed E-state index contributed by atoms with van der Waals surface area (Å²) in [6.07, 6.45) is 5.17. The normalized spacial score (nSPS) is 8.67. The van der Waals surface area contributed by atoms with E-state index in [1.54, 1.807) is 0 Å². The molecule has 0 atom stereocenters. The average molecular weight is 174 g/mol. The van der Waals surface area contributed by atoms with Gasteiger partial charge in [-0.15, -0.1) is 0 Å². The summed E-state index contributed by atoms with van der Waals surface area (Å²) in [4.78, 5) is 0. The molecular weight excluding hydrogens is 159 g/mol. The van der Waals surface area contributed by atoms with Gasteiger partial charge in [-0.1, -0.05) is 12.8 Å². The Kier molecular flexibility index (Phi) is 18.3. The van der Waals surface area contributed by atoms with E-state index in [9.17, 15) is 0 Å². The third-order valence-corrected chi connectivity index (χ3v) is 1.70. The van der Waals surface area contributed by atoms with E-state index in [1.165, 1.54) is 25.7 Å². The van der Waals surface area contributed by atoms with Crippen LogP contribution in [0.2, 0.25) is 0 Å². The summed E-state index contributed by atoms with van der Waals surface area (Å²) in [6.45, 7) is 0. The van der Waals surface area contributed by atoms with Crippen molar-refractivity contribution in [2.24, 2.45) is 0 Å². The molecule has 0 rings (SSSR count). The summed E-state index contributed by atoms with van der Waals surface area (Å²) in [6, 6.07) is 0. The second-order valence-electron chi connectivity index (χ2n) is 1.86. The number of hydrogen-bond donors (Lipinski definition) is 2. The van der Waals surface area contributed by atoms with E-state index in [1.807, 2.05) is 0 Å². The third-order valence-electron chi connectivity index (χ3n) is 1.07. The van der Waals surface area contributed by atoms with Crippen LogP contribution >= 0.6 is 25.3 Å². The van der Waals surface area contributed by atoms with E-state index < -0.39 is 0 Å². The van der Waals surface area contributed by atoms with Crippen LogP contribution in [0.25, 0.3) is 0 Å². The van der Waals surface area contributed by atoms with Crippen molar-refractivity contribution in [2.75, 3.05) is 11.5 Å². The molecule has 0 aliphatic rings. The SMILES string of the molecule is SCCCCCCS.[NaH]. The fourth-order valence-electron chi connectivity index (χ4n) is 0.577. The van der Waals surface area contributed by atoms with Crippen molar-refractivity contribution in [3.05, 3.63) is 0 Å².